The van der Waals surface area contributed by atoms with Gasteiger partial charge in [-0.05, 0) is 82.6 Å². The van der Waals surface area contributed by atoms with Gasteiger partial charge >= 0.3 is 0 Å². The Hall–Kier alpha value is -6.85. The molecule has 56 heavy (non-hydrogen) atoms. The van der Waals surface area contributed by atoms with Crippen LogP contribution in [0.15, 0.2) is 162 Å². The van der Waals surface area contributed by atoms with Gasteiger partial charge in [0.25, 0.3) is 0 Å². The van der Waals surface area contributed by atoms with Crippen molar-refractivity contribution < 1.29 is 4.42 Å². The maximum absolute atomic E-state index is 6.56. The number of hydrogen-bond acceptors (Lipinski definition) is 4. The number of benzene rings is 7. The molecule has 3 aromatic heterocycles. The predicted molar refractivity (Wildman–Crippen MR) is 227 cm³/mol. The van der Waals surface area contributed by atoms with Gasteiger partial charge in [-0.2, -0.15) is 9.97 Å². The van der Waals surface area contributed by atoms with Crippen molar-refractivity contribution in [3.8, 4) is 51.0 Å². The maximum Gasteiger partial charge on any atom is 0.238 e. The van der Waals surface area contributed by atoms with Crippen molar-refractivity contribution in [2.45, 2.75) is 37.5 Å². The van der Waals surface area contributed by atoms with Crippen molar-refractivity contribution in [3.05, 3.63) is 169 Å². The van der Waals surface area contributed by atoms with Gasteiger partial charge in [-0.1, -0.05) is 141 Å². The van der Waals surface area contributed by atoms with E-state index in [0.29, 0.717) is 17.6 Å². The normalized spacial score (nSPS) is 14.6. The van der Waals surface area contributed by atoms with Gasteiger partial charge in [-0.3, -0.25) is 4.57 Å². The summed E-state index contributed by atoms with van der Waals surface area (Å²) >= 11 is 0. The first kappa shape index (κ1) is 31.5. The molecular formula is C51H36N4O. The highest BCUT2D eigenvalue weighted by Crippen LogP contribution is 2.57. The van der Waals surface area contributed by atoms with Gasteiger partial charge in [0.15, 0.2) is 11.6 Å². The summed E-state index contributed by atoms with van der Waals surface area (Å²) in [5.74, 6) is 1.82. The molecule has 2 aliphatic rings. The third kappa shape index (κ3) is 4.58. The van der Waals surface area contributed by atoms with E-state index >= 15 is 0 Å². The first-order valence-electron chi connectivity index (χ1n) is 19.7. The summed E-state index contributed by atoms with van der Waals surface area (Å²) in [6.07, 6.45) is 6.12. The lowest BCUT2D eigenvalue weighted by atomic mass is 9.68. The van der Waals surface area contributed by atoms with Gasteiger partial charge in [-0.25, -0.2) is 4.98 Å². The fourth-order valence-electron chi connectivity index (χ4n) is 9.96. The molecule has 5 heteroatoms. The standard InChI is InChI=1S/C51H36N4O/c1-4-16-32(17-5-1)38-28-34(29-46-47(38)37-22-10-13-25-45(37)56-46)49-52-48(33-18-6-2-7-19-33)53-50(54-49)55-43-24-12-9-21-36(43)40-30-39-35-20-8-11-23-41(35)51(26-14-3-15-27-51)42(39)31-44(40)55/h1-2,4-13,16-25,28-31H,3,14-15,26-27H2. The molecule has 0 unspecified atom stereocenters. The van der Waals surface area contributed by atoms with E-state index in [4.69, 9.17) is 19.4 Å². The second-order valence-corrected chi connectivity index (χ2v) is 15.5. The molecule has 1 spiro atoms. The van der Waals surface area contributed by atoms with Crippen molar-refractivity contribution in [1.29, 1.82) is 0 Å². The number of aromatic nitrogens is 4. The highest BCUT2D eigenvalue weighted by atomic mass is 16.3. The summed E-state index contributed by atoms with van der Waals surface area (Å²) in [6.45, 7) is 0. The van der Waals surface area contributed by atoms with E-state index in [1.54, 1.807) is 0 Å². The van der Waals surface area contributed by atoms with Gasteiger partial charge < -0.3 is 4.42 Å². The Kier molecular flexibility index (Phi) is 6.79. The average molecular weight is 721 g/mol. The summed E-state index contributed by atoms with van der Waals surface area (Å²) in [6, 6.07) is 56.1. The number of fused-ring (bicyclic) bond motifs is 11. The zero-order valence-electron chi connectivity index (χ0n) is 30.7. The van der Waals surface area contributed by atoms with Crippen molar-refractivity contribution in [2.24, 2.45) is 0 Å². The molecule has 0 radical (unpaired) electrons. The third-order valence-corrected chi connectivity index (χ3v) is 12.4. The molecule has 0 N–H and O–H groups in total. The van der Waals surface area contributed by atoms with Crippen molar-refractivity contribution in [1.82, 2.24) is 19.5 Å². The largest absolute Gasteiger partial charge is 0.456 e. The summed E-state index contributed by atoms with van der Waals surface area (Å²) in [7, 11) is 0. The van der Waals surface area contributed by atoms with E-state index in [1.165, 1.54) is 65.1 Å². The first-order valence-corrected chi connectivity index (χ1v) is 19.7. The number of hydrogen-bond donors (Lipinski definition) is 0. The topological polar surface area (TPSA) is 56.7 Å². The molecule has 10 aromatic rings. The second-order valence-electron chi connectivity index (χ2n) is 15.5. The SMILES string of the molecule is c1ccc(-c2nc(-c3cc(-c4ccccc4)c4c(c3)oc3ccccc34)nc(-n3c4ccccc4c4cc5c(cc43)C3(CCCCC3)c3ccccc3-5)n2)cc1. The number of rotatable bonds is 4. The Morgan fingerprint density at radius 3 is 1.95 bits per heavy atom. The van der Waals surface area contributed by atoms with Crippen LogP contribution in [0.1, 0.15) is 43.2 Å². The molecule has 266 valence electrons. The number of nitrogens with zero attached hydrogens (tertiary/aromatic N) is 4. The molecular weight excluding hydrogens is 685 g/mol. The van der Waals surface area contributed by atoms with E-state index in [-0.39, 0.29) is 5.41 Å². The highest BCUT2D eigenvalue weighted by Gasteiger charge is 2.44. The fraction of sp³-hybridized carbons (Fsp3) is 0.118. The fourth-order valence-corrected chi connectivity index (χ4v) is 9.96. The monoisotopic (exact) mass is 720 g/mol. The Morgan fingerprint density at radius 2 is 1.12 bits per heavy atom. The first-order chi connectivity index (χ1) is 27.7. The van der Waals surface area contributed by atoms with Crippen LogP contribution in [0.4, 0.5) is 0 Å². The van der Waals surface area contributed by atoms with Crippen LogP contribution in [0, 0.1) is 0 Å². The van der Waals surface area contributed by atoms with E-state index in [1.807, 2.05) is 30.3 Å². The lowest BCUT2D eigenvalue weighted by Gasteiger charge is -2.36. The summed E-state index contributed by atoms with van der Waals surface area (Å²) < 4.78 is 8.83. The van der Waals surface area contributed by atoms with Gasteiger partial charge in [0.1, 0.15) is 11.2 Å². The smallest absolute Gasteiger partial charge is 0.238 e. The van der Waals surface area contributed by atoms with Crippen LogP contribution in [-0.2, 0) is 5.41 Å². The Balaban J connectivity index is 1.15. The molecule has 0 atom stereocenters. The number of furan rings is 1. The lowest BCUT2D eigenvalue weighted by Crippen LogP contribution is -2.28. The minimum Gasteiger partial charge on any atom is -0.456 e. The van der Waals surface area contributed by atoms with Gasteiger partial charge in [0.05, 0.1) is 11.0 Å². The molecule has 2 aliphatic carbocycles. The van der Waals surface area contributed by atoms with E-state index in [9.17, 15) is 0 Å². The quantitative estimate of drug-likeness (QED) is 0.182. The van der Waals surface area contributed by atoms with E-state index in [0.717, 1.165) is 55.2 Å². The lowest BCUT2D eigenvalue weighted by molar-refractivity contribution is 0.353. The van der Waals surface area contributed by atoms with Crippen LogP contribution in [0.3, 0.4) is 0 Å². The van der Waals surface area contributed by atoms with Crippen molar-refractivity contribution in [2.75, 3.05) is 0 Å². The summed E-state index contributed by atoms with van der Waals surface area (Å²) in [5, 5.41) is 4.57. The van der Waals surface area contributed by atoms with Crippen LogP contribution >= 0.6 is 0 Å². The zero-order valence-corrected chi connectivity index (χ0v) is 30.7. The number of para-hydroxylation sites is 2. The molecule has 5 nitrogen and oxygen atoms in total. The Bertz CT molecular complexity index is 3170. The molecule has 0 bridgehead atoms. The van der Waals surface area contributed by atoms with Crippen molar-refractivity contribution in [3.63, 3.8) is 0 Å². The Morgan fingerprint density at radius 1 is 0.446 bits per heavy atom. The molecule has 0 amide bonds. The van der Waals surface area contributed by atoms with Gasteiger partial charge in [0, 0.05) is 38.1 Å². The predicted octanol–water partition coefficient (Wildman–Crippen LogP) is 13.1. The molecule has 12 rings (SSSR count). The summed E-state index contributed by atoms with van der Waals surface area (Å²) in [4.78, 5) is 15.9. The van der Waals surface area contributed by atoms with Crippen LogP contribution in [0.25, 0.3) is 94.7 Å². The summed E-state index contributed by atoms with van der Waals surface area (Å²) in [5.41, 5.74) is 13.5. The molecule has 1 saturated carbocycles. The molecule has 0 aliphatic heterocycles. The van der Waals surface area contributed by atoms with Gasteiger partial charge in [-0.15, -0.1) is 0 Å². The molecule has 7 aromatic carbocycles. The van der Waals surface area contributed by atoms with Crippen LogP contribution in [-0.4, -0.2) is 19.5 Å². The van der Waals surface area contributed by atoms with Gasteiger partial charge in [0.2, 0.25) is 5.95 Å². The van der Waals surface area contributed by atoms with Crippen LogP contribution in [0.5, 0.6) is 0 Å². The Labute approximate surface area is 323 Å². The van der Waals surface area contributed by atoms with Crippen LogP contribution in [0.2, 0.25) is 0 Å². The minimum absolute atomic E-state index is 0.0228. The van der Waals surface area contributed by atoms with Crippen molar-refractivity contribution >= 4 is 43.7 Å². The molecule has 3 heterocycles. The molecule has 0 saturated heterocycles. The average Bonchev–Trinajstić information content (AvgIpc) is 3.89. The minimum atomic E-state index is 0.0228. The highest BCUT2D eigenvalue weighted by molar-refractivity contribution is 6.14. The van der Waals surface area contributed by atoms with Crippen LogP contribution < -0.4 is 0 Å². The molecule has 1 fully saturated rings. The zero-order chi connectivity index (χ0) is 36.8. The second kappa shape index (κ2) is 12.1. The third-order valence-electron chi connectivity index (χ3n) is 12.4. The van der Waals surface area contributed by atoms with E-state index < -0.39 is 0 Å². The maximum atomic E-state index is 6.56. The van der Waals surface area contributed by atoms with E-state index in [2.05, 4.69) is 132 Å².